The molecule has 12 atom stereocenters. The van der Waals surface area contributed by atoms with Gasteiger partial charge in [0.15, 0.2) is 27.2 Å². The standard InChI is InChI=1S/C42H58O10Si/c1-28-40(34(22-37(43)47-28)44-25-31-16-10-7-11-17-31)50-38-23-35(45-26-32-18-12-8-13-19-32)41(29(2)48-38)51-39-24-36(46-27-33-20-14-9-15-21-33)42(30(3)49-39)52-53(4,5)6/h7-21,28-30,34-43H,22-27H2,1-6H3. The Labute approximate surface area is 316 Å². The third-order valence-electron chi connectivity index (χ3n) is 9.90. The van der Waals surface area contributed by atoms with Crippen molar-refractivity contribution in [2.75, 3.05) is 0 Å². The van der Waals surface area contributed by atoms with Gasteiger partial charge >= 0.3 is 0 Å². The first-order valence-electron chi connectivity index (χ1n) is 19.1. The smallest absolute Gasteiger partial charge is 0.184 e. The maximum Gasteiger partial charge on any atom is 0.184 e. The molecule has 0 aliphatic carbocycles. The predicted molar refractivity (Wildman–Crippen MR) is 202 cm³/mol. The maximum atomic E-state index is 10.5. The first-order chi connectivity index (χ1) is 25.5. The van der Waals surface area contributed by atoms with Crippen LogP contribution in [0.15, 0.2) is 91.0 Å². The molecule has 3 aromatic rings. The molecule has 53 heavy (non-hydrogen) atoms. The van der Waals surface area contributed by atoms with Gasteiger partial charge < -0.3 is 47.4 Å². The van der Waals surface area contributed by atoms with Gasteiger partial charge in [-0.15, -0.1) is 0 Å². The van der Waals surface area contributed by atoms with E-state index in [0.29, 0.717) is 32.7 Å². The van der Waals surface area contributed by atoms with Crippen LogP contribution >= 0.6 is 0 Å². The number of aliphatic hydroxyl groups excluding tert-OH is 1. The molecule has 3 aromatic carbocycles. The molecule has 3 heterocycles. The van der Waals surface area contributed by atoms with E-state index in [1.165, 1.54) is 0 Å². The van der Waals surface area contributed by atoms with Crippen molar-refractivity contribution in [3.63, 3.8) is 0 Å². The number of hydrogen-bond acceptors (Lipinski definition) is 10. The lowest BCUT2D eigenvalue weighted by Crippen LogP contribution is -2.57. The fourth-order valence-electron chi connectivity index (χ4n) is 7.34. The maximum absolute atomic E-state index is 10.5. The Kier molecular flexibility index (Phi) is 14.3. The second-order valence-corrected chi connectivity index (χ2v) is 19.9. The summed E-state index contributed by atoms with van der Waals surface area (Å²) < 4.78 is 58.6. The normalized spacial score (nSPS) is 33.8. The van der Waals surface area contributed by atoms with E-state index >= 15 is 0 Å². The summed E-state index contributed by atoms with van der Waals surface area (Å²) in [6.07, 6.45) is -4.15. The summed E-state index contributed by atoms with van der Waals surface area (Å²) in [5.41, 5.74) is 3.20. The molecule has 3 aliphatic heterocycles. The molecule has 0 saturated carbocycles. The van der Waals surface area contributed by atoms with Crippen LogP contribution in [0.25, 0.3) is 0 Å². The Morgan fingerprint density at radius 1 is 0.528 bits per heavy atom. The van der Waals surface area contributed by atoms with E-state index in [4.69, 9.17) is 42.3 Å². The molecule has 0 aromatic heterocycles. The van der Waals surface area contributed by atoms with Gasteiger partial charge in [0.25, 0.3) is 0 Å². The van der Waals surface area contributed by atoms with Gasteiger partial charge in [0.2, 0.25) is 0 Å². The molecule has 0 radical (unpaired) electrons. The van der Waals surface area contributed by atoms with Gasteiger partial charge in [0, 0.05) is 19.3 Å². The van der Waals surface area contributed by atoms with Gasteiger partial charge in [0.1, 0.15) is 12.2 Å². The number of hydrogen-bond donors (Lipinski definition) is 1. The zero-order valence-corrected chi connectivity index (χ0v) is 33.0. The second-order valence-electron chi connectivity index (χ2n) is 15.4. The highest BCUT2D eigenvalue weighted by Crippen LogP contribution is 2.35. The molecule has 290 valence electrons. The lowest BCUT2D eigenvalue weighted by atomic mass is 9.99. The topological polar surface area (TPSA) is 103 Å². The molecule has 3 aliphatic rings. The first-order valence-corrected chi connectivity index (χ1v) is 22.5. The van der Waals surface area contributed by atoms with E-state index < -0.39 is 57.7 Å². The molecule has 0 amide bonds. The van der Waals surface area contributed by atoms with Crippen molar-refractivity contribution in [3.05, 3.63) is 108 Å². The molecule has 0 spiro atoms. The Morgan fingerprint density at radius 3 is 1.30 bits per heavy atom. The summed E-state index contributed by atoms with van der Waals surface area (Å²) in [5, 5.41) is 10.5. The zero-order valence-electron chi connectivity index (χ0n) is 32.0. The van der Waals surface area contributed by atoms with Crippen LogP contribution in [0.1, 0.15) is 56.7 Å². The molecule has 6 rings (SSSR count). The van der Waals surface area contributed by atoms with Crippen LogP contribution in [0.4, 0.5) is 0 Å². The van der Waals surface area contributed by atoms with E-state index in [-0.39, 0.29) is 30.8 Å². The average molecular weight is 751 g/mol. The number of benzene rings is 3. The van der Waals surface area contributed by atoms with Crippen molar-refractivity contribution in [3.8, 4) is 0 Å². The molecule has 12 unspecified atom stereocenters. The lowest BCUT2D eigenvalue weighted by molar-refractivity contribution is -0.338. The molecule has 1 N–H and O–H groups in total. The molecular formula is C42H58O10Si. The first kappa shape index (κ1) is 40.1. The van der Waals surface area contributed by atoms with Crippen LogP contribution in [-0.4, -0.2) is 87.2 Å². The van der Waals surface area contributed by atoms with E-state index in [1.807, 2.05) is 99.6 Å². The number of aliphatic hydroxyl groups is 1. The van der Waals surface area contributed by atoms with Gasteiger partial charge in [-0.2, -0.15) is 0 Å². The van der Waals surface area contributed by atoms with E-state index in [0.717, 1.165) is 16.7 Å². The molecule has 3 fully saturated rings. The van der Waals surface area contributed by atoms with Gasteiger partial charge in [-0.05, 0) is 57.1 Å². The van der Waals surface area contributed by atoms with Crippen LogP contribution in [0.3, 0.4) is 0 Å². The molecular weight excluding hydrogens is 693 g/mol. The highest BCUT2D eigenvalue weighted by Gasteiger charge is 2.47. The van der Waals surface area contributed by atoms with Crippen molar-refractivity contribution >= 4 is 8.32 Å². The van der Waals surface area contributed by atoms with Crippen molar-refractivity contribution < 1.29 is 47.4 Å². The molecule has 3 saturated heterocycles. The summed E-state index contributed by atoms with van der Waals surface area (Å²) in [7, 11) is -1.92. The zero-order chi connectivity index (χ0) is 37.4. The minimum absolute atomic E-state index is 0.219. The monoisotopic (exact) mass is 750 g/mol. The van der Waals surface area contributed by atoms with Crippen LogP contribution < -0.4 is 0 Å². The summed E-state index contributed by atoms with van der Waals surface area (Å²) in [6.45, 7) is 13.7. The third-order valence-corrected chi connectivity index (χ3v) is 10.9. The van der Waals surface area contributed by atoms with Crippen molar-refractivity contribution in [2.24, 2.45) is 0 Å². The highest BCUT2D eigenvalue weighted by atomic mass is 28.4. The summed E-state index contributed by atoms with van der Waals surface area (Å²) in [4.78, 5) is 0. The minimum atomic E-state index is -1.92. The van der Waals surface area contributed by atoms with Gasteiger partial charge in [-0.3, -0.25) is 0 Å². The van der Waals surface area contributed by atoms with Crippen LogP contribution in [-0.2, 0) is 62.1 Å². The van der Waals surface area contributed by atoms with Gasteiger partial charge in [0.05, 0.1) is 62.5 Å². The Balaban J connectivity index is 1.16. The van der Waals surface area contributed by atoms with Gasteiger partial charge in [-0.25, -0.2) is 0 Å². The van der Waals surface area contributed by atoms with Crippen molar-refractivity contribution in [1.82, 2.24) is 0 Å². The lowest BCUT2D eigenvalue weighted by Gasteiger charge is -2.47. The largest absolute Gasteiger partial charge is 0.409 e. The van der Waals surface area contributed by atoms with E-state index in [1.54, 1.807) is 0 Å². The van der Waals surface area contributed by atoms with Crippen molar-refractivity contribution in [1.29, 1.82) is 0 Å². The number of rotatable bonds is 15. The quantitative estimate of drug-likeness (QED) is 0.162. The van der Waals surface area contributed by atoms with Crippen LogP contribution in [0.2, 0.25) is 19.6 Å². The SMILES string of the molecule is CC1OC(O)CC(OCc2ccccc2)C1OC1CC(OCc2ccccc2)C(OC2CC(OCc3ccccc3)C(O[Si](C)(C)C)C(C)O2)C(C)O1. The number of ether oxygens (including phenoxy) is 8. The molecule has 11 heteroatoms. The molecule has 10 nitrogen and oxygen atoms in total. The van der Waals surface area contributed by atoms with Gasteiger partial charge in [-0.1, -0.05) is 91.0 Å². The summed E-state index contributed by atoms with van der Waals surface area (Å²) in [5.74, 6) is 0. The van der Waals surface area contributed by atoms with Crippen LogP contribution in [0.5, 0.6) is 0 Å². The average Bonchev–Trinajstić information content (AvgIpc) is 3.13. The second kappa shape index (κ2) is 18.9. The fourth-order valence-corrected chi connectivity index (χ4v) is 8.50. The predicted octanol–water partition coefficient (Wildman–Crippen LogP) is 7.13. The highest BCUT2D eigenvalue weighted by molar-refractivity contribution is 6.69. The Bertz CT molecular complexity index is 1490. The summed E-state index contributed by atoms with van der Waals surface area (Å²) in [6, 6.07) is 30.3. The molecule has 0 bridgehead atoms. The Morgan fingerprint density at radius 2 is 0.887 bits per heavy atom. The summed E-state index contributed by atoms with van der Waals surface area (Å²) >= 11 is 0. The van der Waals surface area contributed by atoms with Crippen molar-refractivity contribution in [2.45, 2.75) is 153 Å². The minimum Gasteiger partial charge on any atom is -0.409 e. The van der Waals surface area contributed by atoms with E-state index in [2.05, 4.69) is 31.8 Å². The van der Waals surface area contributed by atoms with E-state index in [9.17, 15) is 5.11 Å². The fraction of sp³-hybridized carbons (Fsp3) is 0.571. The van der Waals surface area contributed by atoms with Crippen LogP contribution in [0, 0.1) is 0 Å². The third kappa shape index (κ3) is 11.7. The Hall–Kier alpha value is -2.52.